The molecule has 1 aromatic heterocycles. The van der Waals surface area contributed by atoms with Crippen molar-refractivity contribution in [2.45, 2.75) is 32.7 Å². The molecule has 2 atom stereocenters. The summed E-state index contributed by atoms with van der Waals surface area (Å²) in [5.41, 5.74) is 7.18. The van der Waals surface area contributed by atoms with Crippen molar-refractivity contribution in [3.63, 3.8) is 0 Å². The molecule has 3 N–H and O–H groups in total. The molecule has 5 nitrogen and oxygen atoms in total. The van der Waals surface area contributed by atoms with Crippen LogP contribution in [0.15, 0.2) is 6.07 Å². The summed E-state index contributed by atoms with van der Waals surface area (Å²) in [6.45, 7) is 5.36. The number of rotatable bonds is 2. The zero-order chi connectivity index (χ0) is 12.4. The number of amides is 1. The summed E-state index contributed by atoms with van der Waals surface area (Å²) >= 11 is 0. The first-order valence-electron chi connectivity index (χ1n) is 6.16. The topological polar surface area (TPSA) is 75.0 Å². The number of piperidine rings is 1. The van der Waals surface area contributed by atoms with Crippen molar-refractivity contribution in [3.8, 4) is 0 Å². The molecule has 0 aromatic carbocycles. The SMILES string of the molecule is Cc1cc(C(=O)N2CCCC(C)C2CN)n[nH]1. The van der Waals surface area contributed by atoms with E-state index in [0.717, 1.165) is 25.1 Å². The van der Waals surface area contributed by atoms with E-state index in [0.29, 0.717) is 18.2 Å². The van der Waals surface area contributed by atoms with Gasteiger partial charge >= 0.3 is 0 Å². The first-order valence-corrected chi connectivity index (χ1v) is 6.16. The fourth-order valence-electron chi connectivity index (χ4n) is 2.54. The number of carbonyl (C=O) groups is 1. The van der Waals surface area contributed by atoms with Gasteiger partial charge in [0.2, 0.25) is 0 Å². The van der Waals surface area contributed by atoms with E-state index in [1.165, 1.54) is 0 Å². The molecule has 1 aliphatic heterocycles. The summed E-state index contributed by atoms with van der Waals surface area (Å²) in [7, 11) is 0. The van der Waals surface area contributed by atoms with Crippen molar-refractivity contribution in [2.75, 3.05) is 13.1 Å². The lowest BCUT2D eigenvalue weighted by Crippen LogP contribution is -2.51. The highest BCUT2D eigenvalue weighted by molar-refractivity contribution is 5.92. The number of hydrogen-bond donors (Lipinski definition) is 2. The molecule has 17 heavy (non-hydrogen) atoms. The lowest BCUT2D eigenvalue weighted by molar-refractivity contribution is 0.0526. The van der Waals surface area contributed by atoms with Gasteiger partial charge in [0.15, 0.2) is 0 Å². The smallest absolute Gasteiger partial charge is 0.274 e. The monoisotopic (exact) mass is 236 g/mol. The van der Waals surface area contributed by atoms with Crippen LogP contribution in [0.1, 0.15) is 35.9 Å². The van der Waals surface area contributed by atoms with Crippen LogP contribution in [0.4, 0.5) is 0 Å². The number of H-pyrrole nitrogens is 1. The number of aryl methyl sites for hydroxylation is 1. The minimum absolute atomic E-state index is 0.00338. The largest absolute Gasteiger partial charge is 0.333 e. The average molecular weight is 236 g/mol. The van der Waals surface area contributed by atoms with E-state index in [9.17, 15) is 4.79 Å². The number of aromatic amines is 1. The molecule has 2 unspecified atom stereocenters. The number of nitrogens with zero attached hydrogens (tertiary/aromatic N) is 2. The number of carbonyl (C=O) groups excluding carboxylic acids is 1. The third-order valence-electron chi connectivity index (χ3n) is 3.54. The van der Waals surface area contributed by atoms with E-state index in [1.807, 2.05) is 11.8 Å². The predicted octanol–water partition coefficient (Wildman–Crippen LogP) is 0.918. The Bertz CT molecular complexity index is 401. The van der Waals surface area contributed by atoms with Crippen LogP contribution in [-0.4, -0.2) is 40.1 Å². The van der Waals surface area contributed by atoms with Crippen LogP contribution in [0.5, 0.6) is 0 Å². The van der Waals surface area contributed by atoms with Crippen molar-refractivity contribution in [2.24, 2.45) is 11.7 Å². The second-order valence-electron chi connectivity index (χ2n) is 4.86. The van der Waals surface area contributed by atoms with Gasteiger partial charge in [0, 0.05) is 24.8 Å². The molecule has 1 aliphatic rings. The lowest BCUT2D eigenvalue weighted by Gasteiger charge is -2.39. The Hall–Kier alpha value is -1.36. The molecule has 5 heteroatoms. The Morgan fingerprint density at radius 2 is 2.47 bits per heavy atom. The molecule has 1 amide bonds. The second kappa shape index (κ2) is 4.87. The van der Waals surface area contributed by atoms with E-state index >= 15 is 0 Å². The summed E-state index contributed by atoms with van der Waals surface area (Å²) in [6.07, 6.45) is 2.19. The zero-order valence-electron chi connectivity index (χ0n) is 10.4. The Morgan fingerprint density at radius 3 is 3.06 bits per heavy atom. The first-order chi connectivity index (χ1) is 8.13. The number of aromatic nitrogens is 2. The molecule has 0 spiro atoms. The number of nitrogens with two attached hydrogens (primary N) is 1. The van der Waals surface area contributed by atoms with E-state index in [-0.39, 0.29) is 11.9 Å². The fourth-order valence-corrected chi connectivity index (χ4v) is 2.54. The van der Waals surface area contributed by atoms with E-state index in [2.05, 4.69) is 17.1 Å². The first kappa shape index (κ1) is 12.1. The molecule has 1 fully saturated rings. The van der Waals surface area contributed by atoms with Gasteiger partial charge in [-0.2, -0.15) is 5.10 Å². The maximum atomic E-state index is 12.3. The van der Waals surface area contributed by atoms with Gasteiger partial charge in [0.25, 0.3) is 5.91 Å². The molecular weight excluding hydrogens is 216 g/mol. The second-order valence-corrected chi connectivity index (χ2v) is 4.86. The van der Waals surface area contributed by atoms with Gasteiger partial charge < -0.3 is 10.6 Å². The van der Waals surface area contributed by atoms with Crippen molar-refractivity contribution < 1.29 is 4.79 Å². The Labute approximate surface area is 101 Å². The van der Waals surface area contributed by atoms with Gasteiger partial charge in [0.05, 0.1) is 0 Å². The Balaban J connectivity index is 2.17. The van der Waals surface area contributed by atoms with Crippen LogP contribution in [0.25, 0.3) is 0 Å². The summed E-state index contributed by atoms with van der Waals surface area (Å²) < 4.78 is 0. The van der Waals surface area contributed by atoms with Crippen LogP contribution >= 0.6 is 0 Å². The standard InChI is InChI=1S/C12H20N4O/c1-8-4-3-5-16(11(8)7-13)12(17)10-6-9(2)14-15-10/h6,8,11H,3-5,7,13H2,1-2H3,(H,14,15). The van der Waals surface area contributed by atoms with Gasteiger partial charge in [-0.15, -0.1) is 0 Å². The van der Waals surface area contributed by atoms with Gasteiger partial charge in [-0.3, -0.25) is 9.89 Å². The predicted molar refractivity (Wildman–Crippen MR) is 65.6 cm³/mol. The van der Waals surface area contributed by atoms with Crippen LogP contribution < -0.4 is 5.73 Å². The minimum atomic E-state index is -0.00338. The molecule has 1 saturated heterocycles. The van der Waals surface area contributed by atoms with Crippen LogP contribution in [0.2, 0.25) is 0 Å². The van der Waals surface area contributed by atoms with Gasteiger partial charge in [-0.25, -0.2) is 0 Å². The highest BCUT2D eigenvalue weighted by atomic mass is 16.2. The Kier molecular flexibility index (Phi) is 3.47. The van der Waals surface area contributed by atoms with Gasteiger partial charge in [0.1, 0.15) is 5.69 Å². The molecule has 0 bridgehead atoms. The maximum absolute atomic E-state index is 12.3. The molecule has 2 heterocycles. The highest BCUT2D eigenvalue weighted by Crippen LogP contribution is 2.23. The van der Waals surface area contributed by atoms with Gasteiger partial charge in [-0.1, -0.05) is 6.92 Å². The van der Waals surface area contributed by atoms with Crippen molar-refractivity contribution in [3.05, 3.63) is 17.5 Å². The fraction of sp³-hybridized carbons (Fsp3) is 0.667. The highest BCUT2D eigenvalue weighted by Gasteiger charge is 2.32. The third-order valence-corrected chi connectivity index (χ3v) is 3.54. The molecule has 0 aliphatic carbocycles. The normalized spacial score (nSPS) is 25.0. The van der Waals surface area contributed by atoms with Crippen molar-refractivity contribution in [1.82, 2.24) is 15.1 Å². The van der Waals surface area contributed by atoms with Gasteiger partial charge in [-0.05, 0) is 31.7 Å². The zero-order valence-corrected chi connectivity index (χ0v) is 10.4. The van der Waals surface area contributed by atoms with Crippen molar-refractivity contribution in [1.29, 1.82) is 0 Å². The maximum Gasteiger partial charge on any atom is 0.274 e. The van der Waals surface area contributed by atoms with Crippen LogP contribution in [0.3, 0.4) is 0 Å². The molecule has 0 radical (unpaired) electrons. The molecule has 1 aromatic rings. The number of likely N-dealkylation sites (tertiary alicyclic amines) is 1. The molecule has 94 valence electrons. The van der Waals surface area contributed by atoms with E-state index < -0.39 is 0 Å². The van der Waals surface area contributed by atoms with Crippen molar-refractivity contribution >= 4 is 5.91 Å². The van der Waals surface area contributed by atoms with E-state index in [1.54, 1.807) is 6.07 Å². The molecule has 2 rings (SSSR count). The summed E-state index contributed by atoms with van der Waals surface area (Å²) in [5, 5.41) is 6.83. The summed E-state index contributed by atoms with van der Waals surface area (Å²) in [6, 6.07) is 1.93. The quantitative estimate of drug-likeness (QED) is 0.801. The minimum Gasteiger partial charge on any atom is -0.333 e. The van der Waals surface area contributed by atoms with E-state index in [4.69, 9.17) is 5.73 Å². The van der Waals surface area contributed by atoms with Crippen LogP contribution in [0, 0.1) is 12.8 Å². The average Bonchev–Trinajstić information content (AvgIpc) is 2.74. The number of hydrogen-bond acceptors (Lipinski definition) is 3. The third kappa shape index (κ3) is 2.34. The lowest BCUT2D eigenvalue weighted by atomic mass is 9.90. The number of nitrogens with one attached hydrogen (secondary N) is 1. The Morgan fingerprint density at radius 1 is 1.71 bits per heavy atom. The summed E-state index contributed by atoms with van der Waals surface area (Å²) in [5.74, 6) is 0.467. The molecule has 0 saturated carbocycles. The molecular formula is C12H20N4O. The summed E-state index contributed by atoms with van der Waals surface area (Å²) in [4.78, 5) is 14.2. The van der Waals surface area contributed by atoms with Crippen LogP contribution in [-0.2, 0) is 0 Å².